The van der Waals surface area contributed by atoms with Gasteiger partial charge < -0.3 is 10.6 Å². The Labute approximate surface area is 279 Å². The number of carbonyl (C=O) groups is 2. The molecule has 0 saturated carbocycles. The molecule has 0 aliphatic carbocycles. The lowest BCUT2D eigenvalue weighted by Crippen LogP contribution is -2.30. The molecule has 2 N–H and O–H groups in total. The predicted molar refractivity (Wildman–Crippen MR) is 184 cm³/mol. The van der Waals surface area contributed by atoms with Crippen LogP contribution in [-0.2, 0) is 0 Å². The fraction of sp³-hybridized carbons (Fsp3) is 0.0857. The van der Waals surface area contributed by atoms with E-state index in [1.165, 1.54) is 0 Å². The first kappa shape index (κ1) is 30.8. The summed E-state index contributed by atoms with van der Waals surface area (Å²) in [6.07, 6.45) is 0.517. The van der Waals surface area contributed by atoms with Crippen LogP contribution >= 0.6 is 46.4 Å². The van der Waals surface area contributed by atoms with Crippen LogP contribution in [0, 0.1) is 0 Å². The summed E-state index contributed by atoms with van der Waals surface area (Å²) in [5.74, 6) is -0.486. The van der Waals surface area contributed by atoms with Gasteiger partial charge in [0.1, 0.15) is 0 Å². The van der Waals surface area contributed by atoms with E-state index in [4.69, 9.17) is 56.4 Å². The standard InChI is InChI=1S/C35H24Cl4N4O2/c36-26-12-10-20(16-28(26)38)32-18-24(22-6-1-3-8-30(22)42-32)34(44)40-14-5-15-41-35(45)25-19-33(21-11-13-27(37)29(39)17-21)43-31-9-4-2-7-23(25)31/h1-4,6-13,16-19H,5,14-15H2,(H,40,44)(H,41,45). The summed E-state index contributed by atoms with van der Waals surface area (Å²) in [4.78, 5) is 36.1. The van der Waals surface area contributed by atoms with Crippen molar-refractivity contribution in [1.29, 1.82) is 0 Å². The predicted octanol–water partition coefficient (Wildman–Crippen LogP) is 9.28. The first-order valence-electron chi connectivity index (χ1n) is 14.1. The molecule has 0 saturated heterocycles. The van der Waals surface area contributed by atoms with Crippen LogP contribution in [0.1, 0.15) is 27.1 Å². The average Bonchev–Trinajstić information content (AvgIpc) is 3.05. The third kappa shape index (κ3) is 6.75. The quantitative estimate of drug-likeness (QED) is 0.158. The van der Waals surface area contributed by atoms with Gasteiger partial charge in [-0.3, -0.25) is 9.59 Å². The van der Waals surface area contributed by atoms with Gasteiger partial charge in [0.15, 0.2) is 0 Å². The van der Waals surface area contributed by atoms with Gasteiger partial charge in [0, 0.05) is 35.0 Å². The Morgan fingerprint density at radius 2 is 0.956 bits per heavy atom. The van der Waals surface area contributed by atoms with Gasteiger partial charge >= 0.3 is 0 Å². The molecule has 6 aromatic rings. The van der Waals surface area contributed by atoms with E-state index in [0.29, 0.717) is 73.1 Å². The van der Waals surface area contributed by atoms with Crippen LogP contribution in [0.2, 0.25) is 20.1 Å². The highest BCUT2D eigenvalue weighted by atomic mass is 35.5. The molecule has 0 radical (unpaired) electrons. The Kier molecular flexibility index (Phi) is 9.19. The minimum atomic E-state index is -0.243. The SMILES string of the molecule is O=C(NCCCNC(=O)c1cc(-c2ccc(Cl)c(Cl)c2)nc2ccccc12)c1cc(-c2ccc(Cl)c(Cl)c2)nc2ccccc12. The van der Waals surface area contributed by atoms with Crippen LogP contribution in [-0.4, -0.2) is 34.9 Å². The maximum absolute atomic E-state index is 13.3. The van der Waals surface area contributed by atoms with Gasteiger partial charge in [0.25, 0.3) is 11.8 Å². The number of hydrogen-bond acceptors (Lipinski definition) is 4. The van der Waals surface area contributed by atoms with E-state index in [0.717, 1.165) is 21.9 Å². The molecule has 224 valence electrons. The molecule has 0 spiro atoms. The number of nitrogens with one attached hydrogen (secondary N) is 2. The first-order chi connectivity index (χ1) is 21.8. The van der Waals surface area contributed by atoms with Gasteiger partial charge in [-0.25, -0.2) is 9.97 Å². The molecule has 0 aliphatic heterocycles. The number of amides is 2. The number of para-hydroxylation sites is 2. The maximum Gasteiger partial charge on any atom is 0.252 e. The van der Waals surface area contributed by atoms with Crippen molar-refractivity contribution in [3.63, 3.8) is 0 Å². The number of aromatic nitrogens is 2. The van der Waals surface area contributed by atoms with E-state index in [-0.39, 0.29) is 11.8 Å². The van der Waals surface area contributed by atoms with Gasteiger partial charge in [-0.1, -0.05) is 94.9 Å². The molecule has 0 aliphatic rings. The van der Waals surface area contributed by atoms with Crippen LogP contribution in [0.25, 0.3) is 44.3 Å². The molecule has 2 heterocycles. The molecule has 2 amide bonds. The zero-order chi connectivity index (χ0) is 31.5. The lowest BCUT2D eigenvalue weighted by Gasteiger charge is -2.12. The Balaban J connectivity index is 1.14. The number of hydrogen-bond donors (Lipinski definition) is 2. The summed E-state index contributed by atoms with van der Waals surface area (Å²) in [6.45, 7) is 0.701. The van der Waals surface area contributed by atoms with Crippen molar-refractivity contribution in [3.8, 4) is 22.5 Å². The molecule has 4 aromatic carbocycles. The summed E-state index contributed by atoms with van der Waals surface area (Å²) in [5, 5.41) is 9.10. The highest BCUT2D eigenvalue weighted by molar-refractivity contribution is 6.42. The van der Waals surface area contributed by atoms with Gasteiger partial charge in [-0.05, 0) is 55.0 Å². The molecular weight excluding hydrogens is 650 g/mol. The second-order valence-corrected chi connectivity index (χ2v) is 11.9. The van der Waals surface area contributed by atoms with E-state index in [1.54, 1.807) is 36.4 Å². The van der Waals surface area contributed by atoms with Gasteiger partial charge in [-0.2, -0.15) is 0 Å². The Morgan fingerprint density at radius 3 is 1.38 bits per heavy atom. The van der Waals surface area contributed by atoms with Crippen molar-refractivity contribution in [1.82, 2.24) is 20.6 Å². The summed E-state index contributed by atoms with van der Waals surface area (Å²) in [7, 11) is 0. The Bertz CT molecular complexity index is 1950. The van der Waals surface area contributed by atoms with E-state index in [9.17, 15) is 9.59 Å². The van der Waals surface area contributed by atoms with Crippen molar-refractivity contribution in [2.24, 2.45) is 0 Å². The second-order valence-electron chi connectivity index (χ2n) is 10.3. The number of carbonyl (C=O) groups excluding carboxylic acids is 2. The average molecular weight is 674 g/mol. The lowest BCUT2D eigenvalue weighted by molar-refractivity contribution is 0.0953. The smallest absolute Gasteiger partial charge is 0.252 e. The zero-order valence-electron chi connectivity index (χ0n) is 23.6. The van der Waals surface area contributed by atoms with Crippen LogP contribution in [0.5, 0.6) is 0 Å². The van der Waals surface area contributed by atoms with Gasteiger partial charge in [0.05, 0.1) is 53.6 Å². The maximum atomic E-state index is 13.3. The molecule has 45 heavy (non-hydrogen) atoms. The van der Waals surface area contributed by atoms with Gasteiger partial charge in [0.2, 0.25) is 0 Å². The number of nitrogens with zero attached hydrogens (tertiary/aromatic N) is 2. The zero-order valence-corrected chi connectivity index (χ0v) is 26.6. The monoisotopic (exact) mass is 672 g/mol. The van der Waals surface area contributed by atoms with Crippen molar-refractivity contribution >= 4 is 80.0 Å². The Morgan fingerprint density at radius 1 is 0.533 bits per heavy atom. The minimum absolute atomic E-state index is 0.243. The molecule has 6 nitrogen and oxygen atoms in total. The molecular formula is C35H24Cl4N4O2. The van der Waals surface area contributed by atoms with Crippen molar-refractivity contribution in [2.45, 2.75) is 6.42 Å². The summed E-state index contributed by atoms with van der Waals surface area (Å²) < 4.78 is 0. The van der Waals surface area contributed by atoms with Crippen LogP contribution in [0.15, 0.2) is 97.1 Å². The van der Waals surface area contributed by atoms with E-state index in [2.05, 4.69) is 10.6 Å². The minimum Gasteiger partial charge on any atom is -0.352 e. The number of rotatable bonds is 8. The van der Waals surface area contributed by atoms with Crippen LogP contribution in [0.3, 0.4) is 0 Å². The first-order valence-corrected chi connectivity index (χ1v) is 15.6. The van der Waals surface area contributed by atoms with Gasteiger partial charge in [-0.15, -0.1) is 0 Å². The van der Waals surface area contributed by atoms with Crippen molar-refractivity contribution in [2.75, 3.05) is 13.1 Å². The van der Waals surface area contributed by atoms with Crippen molar-refractivity contribution < 1.29 is 9.59 Å². The molecule has 10 heteroatoms. The fourth-order valence-electron chi connectivity index (χ4n) is 5.02. The molecule has 0 bridgehead atoms. The molecule has 2 aromatic heterocycles. The third-order valence-electron chi connectivity index (χ3n) is 7.28. The second kappa shape index (κ2) is 13.4. The van der Waals surface area contributed by atoms with E-state index in [1.807, 2.05) is 60.7 Å². The number of halogens is 4. The summed E-state index contributed by atoms with van der Waals surface area (Å²) >= 11 is 24.7. The lowest BCUT2D eigenvalue weighted by atomic mass is 10.0. The van der Waals surface area contributed by atoms with Crippen LogP contribution in [0.4, 0.5) is 0 Å². The topological polar surface area (TPSA) is 84.0 Å². The largest absolute Gasteiger partial charge is 0.352 e. The van der Waals surface area contributed by atoms with E-state index < -0.39 is 0 Å². The molecule has 6 rings (SSSR count). The number of fused-ring (bicyclic) bond motifs is 2. The fourth-order valence-corrected chi connectivity index (χ4v) is 5.61. The van der Waals surface area contributed by atoms with E-state index >= 15 is 0 Å². The summed E-state index contributed by atoms with van der Waals surface area (Å²) in [5.41, 5.74) is 5.05. The summed E-state index contributed by atoms with van der Waals surface area (Å²) in [6, 6.07) is 28.9. The molecule has 0 fully saturated rings. The normalized spacial score (nSPS) is 11.1. The molecule has 0 atom stereocenters. The van der Waals surface area contributed by atoms with Crippen LogP contribution < -0.4 is 10.6 Å². The number of benzene rings is 4. The van der Waals surface area contributed by atoms with Crippen molar-refractivity contribution in [3.05, 3.63) is 128 Å². The highest BCUT2D eigenvalue weighted by Gasteiger charge is 2.16. The highest BCUT2D eigenvalue weighted by Crippen LogP contribution is 2.31. The molecule has 0 unspecified atom stereocenters. The number of pyridine rings is 2. The Hall–Kier alpha value is -4.20. The third-order valence-corrected chi connectivity index (χ3v) is 8.76.